The third kappa shape index (κ3) is 2.64. The van der Waals surface area contributed by atoms with Crippen LogP contribution in [0.4, 0.5) is 0 Å². The van der Waals surface area contributed by atoms with Crippen molar-refractivity contribution in [3.63, 3.8) is 0 Å². The highest BCUT2D eigenvalue weighted by Crippen LogP contribution is 2.42. The highest BCUT2D eigenvalue weighted by molar-refractivity contribution is 6.48. The lowest BCUT2D eigenvalue weighted by Crippen LogP contribution is -2.41. The van der Waals surface area contributed by atoms with E-state index in [-0.39, 0.29) is 36.3 Å². The summed E-state index contributed by atoms with van der Waals surface area (Å²) < 4.78 is 17.7. The maximum Gasteiger partial charge on any atom is 0.467 e. The summed E-state index contributed by atoms with van der Waals surface area (Å²) in [6.07, 6.45) is 5.91. The lowest BCUT2D eigenvalue weighted by Gasteiger charge is -2.32. The van der Waals surface area contributed by atoms with Crippen LogP contribution < -0.4 is 0 Å². The molecule has 2 aliphatic heterocycles. The van der Waals surface area contributed by atoms with E-state index >= 15 is 0 Å². The van der Waals surface area contributed by atoms with Crippen molar-refractivity contribution >= 4 is 13.3 Å². The van der Waals surface area contributed by atoms with Gasteiger partial charge in [0, 0.05) is 19.1 Å². The van der Waals surface area contributed by atoms with E-state index < -0.39 is 0 Å². The van der Waals surface area contributed by atoms with Gasteiger partial charge in [-0.3, -0.25) is 4.99 Å². The second-order valence-electron chi connectivity index (χ2n) is 6.32. The monoisotopic (exact) mass is 265 g/mol. The quantitative estimate of drug-likeness (QED) is 0.736. The third-order valence-corrected chi connectivity index (χ3v) is 4.51. The smallest absolute Gasteiger partial charge is 0.403 e. The molecule has 106 valence electrons. The summed E-state index contributed by atoms with van der Waals surface area (Å²) in [5.41, 5.74) is -0.624. The fraction of sp³-hybridized carbons (Fsp3) is 0.786. The Hall–Kier alpha value is -0.645. The van der Waals surface area contributed by atoms with Crippen molar-refractivity contribution in [2.45, 2.75) is 63.8 Å². The first kappa shape index (κ1) is 14.8. The van der Waals surface area contributed by atoms with Crippen molar-refractivity contribution < 1.29 is 14.0 Å². The Balaban J connectivity index is 2.18. The maximum atomic E-state index is 6.13. The van der Waals surface area contributed by atoms with E-state index in [4.69, 9.17) is 14.0 Å². The first-order valence-electron chi connectivity index (χ1n) is 6.87. The summed E-state index contributed by atoms with van der Waals surface area (Å²) >= 11 is 0. The Labute approximate surface area is 116 Å². The molecule has 4 nitrogen and oxygen atoms in total. The minimum atomic E-state index is -0.312. The zero-order valence-electron chi connectivity index (χ0n) is 12.7. The average Bonchev–Trinajstić information content (AvgIpc) is 2.57. The third-order valence-electron chi connectivity index (χ3n) is 4.51. The molecule has 5 heteroatoms. The number of hydrogen-bond donors (Lipinski definition) is 0. The van der Waals surface area contributed by atoms with Crippen LogP contribution in [0.15, 0.2) is 17.1 Å². The van der Waals surface area contributed by atoms with Crippen LogP contribution in [0, 0.1) is 0 Å². The SMILES string of the molecule is CO[C@@H](C)C1N=CC=CC1B1OC(C)(C)C(C)(C)O1. The molecule has 1 fully saturated rings. The Kier molecular flexibility index (Phi) is 3.91. The first-order valence-corrected chi connectivity index (χ1v) is 6.87. The molecule has 0 aromatic heterocycles. The molecule has 0 amide bonds. The van der Waals surface area contributed by atoms with Crippen LogP contribution in [0.25, 0.3) is 0 Å². The van der Waals surface area contributed by atoms with Crippen molar-refractivity contribution in [3.8, 4) is 0 Å². The van der Waals surface area contributed by atoms with Crippen LogP contribution in [0.3, 0.4) is 0 Å². The zero-order chi connectivity index (χ0) is 14.3. The molecule has 0 radical (unpaired) electrons. The molecule has 0 N–H and O–H groups in total. The number of methoxy groups -OCH3 is 1. The number of allylic oxidation sites excluding steroid dienone is 1. The van der Waals surface area contributed by atoms with E-state index in [1.165, 1.54) is 0 Å². The standard InChI is InChI=1S/C14H24BNO3/c1-10(17-6)12-11(8-7-9-16-12)15-18-13(2,3)14(4,5)19-15/h7-12H,1-6H3/t10-,11?,12?/m0/s1. The van der Waals surface area contributed by atoms with E-state index in [1.54, 1.807) is 7.11 Å². The second kappa shape index (κ2) is 5.04. The van der Waals surface area contributed by atoms with Crippen molar-refractivity contribution in [2.75, 3.05) is 7.11 Å². The molecule has 0 spiro atoms. The molecule has 0 saturated carbocycles. The summed E-state index contributed by atoms with van der Waals surface area (Å²) in [7, 11) is 1.43. The molecule has 2 aliphatic rings. The minimum Gasteiger partial charge on any atom is -0.403 e. The fourth-order valence-electron chi connectivity index (χ4n) is 2.41. The molecule has 2 rings (SSSR count). The van der Waals surface area contributed by atoms with Crippen molar-refractivity contribution in [3.05, 3.63) is 12.2 Å². The second-order valence-corrected chi connectivity index (χ2v) is 6.32. The summed E-state index contributed by atoms with van der Waals surface area (Å²) in [5, 5.41) is 0. The van der Waals surface area contributed by atoms with Gasteiger partial charge in [-0.1, -0.05) is 6.08 Å². The molecule has 2 unspecified atom stereocenters. The topological polar surface area (TPSA) is 40.0 Å². The number of nitrogens with zero attached hydrogens (tertiary/aromatic N) is 1. The number of dihydropyridines is 1. The average molecular weight is 265 g/mol. The van der Waals surface area contributed by atoms with Gasteiger partial charge in [0.25, 0.3) is 0 Å². The Bertz CT molecular complexity index is 376. The number of rotatable bonds is 3. The van der Waals surface area contributed by atoms with E-state index in [1.807, 2.05) is 19.2 Å². The molecule has 0 aromatic carbocycles. The summed E-state index contributed by atoms with van der Waals surface area (Å²) in [6.45, 7) is 10.3. The van der Waals surface area contributed by atoms with Crippen LogP contribution >= 0.6 is 0 Å². The Morgan fingerprint density at radius 3 is 2.32 bits per heavy atom. The lowest BCUT2D eigenvalue weighted by molar-refractivity contribution is 0.00578. The first-order chi connectivity index (χ1) is 8.78. The van der Waals surface area contributed by atoms with Crippen LogP contribution in [0.2, 0.25) is 5.82 Å². The largest absolute Gasteiger partial charge is 0.467 e. The normalized spacial score (nSPS) is 33.7. The van der Waals surface area contributed by atoms with Gasteiger partial charge < -0.3 is 14.0 Å². The van der Waals surface area contributed by atoms with Crippen molar-refractivity contribution in [1.29, 1.82) is 0 Å². The highest BCUT2D eigenvalue weighted by Gasteiger charge is 2.55. The van der Waals surface area contributed by atoms with Gasteiger partial charge >= 0.3 is 7.12 Å². The van der Waals surface area contributed by atoms with Crippen LogP contribution in [0.1, 0.15) is 34.6 Å². The summed E-state index contributed by atoms with van der Waals surface area (Å²) in [6, 6.07) is 0.0321. The van der Waals surface area contributed by atoms with Gasteiger partial charge in [0.05, 0.1) is 23.3 Å². The minimum absolute atomic E-state index is 0.0321. The lowest BCUT2D eigenvalue weighted by atomic mass is 9.65. The molecule has 1 saturated heterocycles. The predicted molar refractivity (Wildman–Crippen MR) is 77.7 cm³/mol. The molecule has 3 atom stereocenters. The number of hydrogen-bond acceptors (Lipinski definition) is 4. The van der Waals surface area contributed by atoms with Crippen LogP contribution in [0.5, 0.6) is 0 Å². The predicted octanol–water partition coefficient (Wildman–Crippen LogP) is 2.49. The van der Waals surface area contributed by atoms with Crippen LogP contribution in [-0.4, -0.2) is 43.8 Å². The van der Waals surface area contributed by atoms with Gasteiger partial charge in [-0.2, -0.15) is 0 Å². The van der Waals surface area contributed by atoms with Gasteiger partial charge in [0.15, 0.2) is 0 Å². The molecule has 19 heavy (non-hydrogen) atoms. The summed E-state index contributed by atoms with van der Waals surface area (Å²) in [5.74, 6) is 0.0843. The summed E-state index contributed by atoms with van der Waals surface area (Å²) in [4.78, 5) is 4.52. The molecule has 0 bridgehead atoms. The zero-order valence-corrected chi connectivity index (χ0v) is 12.7. The molecular weight excluding hydrogens is 241 g/mol. The number of aliphatic imine (C=N–C) groups is 1. The van der Waals surface area contributed by atoms with E-state index in [2.05, 4.69) is 38.8 Å². The van der Waals surface area contributed by atoms with E-state index in [0.29, 0.717) is 0 Å². The Morgan fingerprint density at radius 2 is 1.79 bits per heavy atom. The van der Waals surface area contributed by atoms with E-state index in [9.17, 15) is 0 Å². The molecular formula is C14H24BNO3. The van der Waals surface area contributed by atoms with Crippen molar-refractivity contribution in [2.24, 2.45) is 4.99 Å². The highest BCUT2D eigenvalue weighted by atomic mass is 16.7. The maximum absolute atomic E-state index is 6.13. The van der Waals surface area contributed by atoms with Gasteiger partial charge in [-0.15, -0.1) is 0 Å². The fourth-order valence-corrected chi connectivity index (χ4v) is 2.41. The Morgan fingerprint density at radius 1 is 1.21 bits per heavy atom. The van der Waals surface area contributed by atoms with Gasteiger partial charge in [-0.05, 0) is 40.7 Å². The molecule has 0 aromatic rings. The van der Waals surface area contributed by atoms with E-state index in [0.717, 1.165) is 0 Å². The molecule has 2 heterocycles. The number of ether oxygens (including phenoxy) is 1. The van der Waals surface area contributed by atoms with Crippen molar-refractivity contribution in [1.82, 2.24) is 0 Å². The van der Waals surface area contributed by atoms with Gasteiger partial charge in [0.2, 0.25) is 0 Å². The van der Waals surface area contributed by atoms with Gasteiger partial charge in [-0.25, -0.2) is 0 Å². The molecule has 0 aliphatic carbocycles. The van der Waals surface area contributed by atoms with Crippen LogP contribution in [-0.2, 0) is 14.0 Å². The van der Waals surface area contributed by atoms with Gasteiger partial charge in [0.1, 0.15) is 0 Å².